The number of unbranched alkanes of at least 4 members (excludes halogenated alkanes) is 7. The number of benzene rings is 1. The zero-order chi connectivity index (χ0) is 15.5. The van der Waals surface area contributed by atoms with Crippen molar-refractivity contribution >= 4 is 11.6 Å². The summed E-state index contributed by atoms with van der Waals surface area (Å²) in [6.07, 6.45) is 12.3. The molecule has 0 bridgehead atoms. The number of hydrogen-bond acceptors (Lipinski definition) is 1. The highest BCUT2D eigenvalue weighted by Crippen LogP contribution is 2.20. The minimum Gasteiger partial charge on any atom is -0.327 e. The lowest BCUT2D eigenvalue weighted by molar-refractivity contribution is 0.524. The number of nitrogens with two attached hydrogens (primary N) is 1. The third-order valence-corrected chi connectivity index (χ3v) is 4.28. The van der Waals surface area contributed by atoms with Crippen molar-refractivity contribution in [3.05, 3.63) is 34.6 Å². The predicted octanol–water partition coefficient (Wildman–Crippen LogP) is 5.88. The molecule has 1 rings (SSSR count). The fourth-order valence-electron chi connectivity index (χ4n) is 2.61. The van der Waals surface area contributed by atoms with Gasteiger partial charge in [0.05, 0.1) is 0 Å². The summed E-state index contributed by atoms with van der Waals surface area (Å²) in [7, 11) is 0. The van der Waals surface area contributed by atoms with Gasteiger partial charge in [-0.25, -0.2) is 4.39 Å². The van der Waals surface area contributed by atoms with Crippen LogP contribution in [0.5, 0.6) is 0 Å². The highest BCUT2D eigenvalue weighted by molar-refractivity contribution is 6.31. The van der Waals surface area contributed by atoms with Crippen molar-refractivity contribution in [3.8, 4) is 0 Å². The molecule has 1 aromatic carbocycles. The summed E-state index contributed by atoms with van der Waals surface area (Å²) in [4.78, 5) is 0. The third-order valence-electron chi connectivity index (χ3n) is 3.93. The summed E-state index contributed by atoms with van der Waals surface area (Å²) in [6, 6.07) is 4.67. The van der Waals surface area contributed by atoms with Crippen LogP contribution in [0.25, 0.3) is 0 Å². The topological polar surface area (TPSA) is 26.0 Å². The molecule has 2 N–H and O–H groups in total. The van der Waals surface area contributed by atoms with Gasteiger partial charge in [-0.1, -0.05) is 76.0 Å². The largest absolute Gasteiger partial charge is 0.327 e. The Kier molecular flexibility index (Phi) is 9.69. The Labute approximate surface area is 134 Å². The second-order valence-electron chi connectivity index (χ2n) is 5.96. The Morgan fingerprint density at radius 1 is 1.05 bits per heavy atom. The molecule has 0 saturated heterocycles. The van der Waals surface area contributed by atoms with E-state index in [1.807, 2.05) is 0 Å². The predicted molar refractivity (Wildman–Crippen MR) is 90.3 cm³/mol. The summed E-state index contributed by atoms with van der Waals surface area (Å²) in [5.41, 5.74) is 7.09. The summed E-state index contributed by atoms with van der Waals surface area (Å²) < 4.78 is 13.0. The van der Waals surface area contributed by atoms with Crippen LogP contribution in [0.15, 0.2) is 18.2 Å². The van der Waals surface area contributed by atoms with Gasteiger partial charge in [0.2, 0.25) is 0 Å². The molecule has 0 radical (unpaired) electrons. The van der Waals surface area contributed by atoms with E-state index in [2.05, 4.69) is 6.92 Å². The van der Waals surface area contributed by atoms with Crippen molar-refractivity contribution in [3.63, 3.8) is 0 Å². The normalized spacial score (nSPS) is 12.6. The van der Waals surface area contributed by atoms with Gasteiger partial charge in [-0.15, -0.1) is 0 Å². The number of halogens is 2. The molecule has 1 aromatic rings. The zero-order valence-electron chi connectivity index (χ0n) is 13.2. The van der Waals surface area contributed by atoms with E-state index in [4.69, 9.17) is 17.3 Å². The molecule has 0 amide bonds. The monoisotopic (exact) mass is 313 g/mol. The van der Waals surface area contributed by atoms with E-state index in [9.17, 15) is 4.39 Å². The summed E-state index contributed by atoms with van der Waals surface area (Å²) in [5.74, 6) is -0.291. The van der Waals surface area contributed by atoms with Crippen molar-refractivity contribution in [2.45, 2.75) is 77.2 Å². The Bertz CT molecular complexity index is 395. The molecule has 0 saturated carbocycles. The highest BCUT2D eigenvalue weighted by Gasteiger charge is 2.08. The van der Waals surface area contributed by atoms with Crippen molar-refractivity contribution in [2.24, 2.45) is 5.73 Å². The lowest BCUT2D eigenvalue weighted by atomic mass is 10.00. The first-order valence-electron chi connectivity index (χ1n) is 8.33. The Balaban J connectivity index is 2.10. The lowest BCUT2D eigenvalue weighted by Crippen LogP contribution is -2.22. The van der Waals surface area contributed by atoms with Crippen molar-refractivity contribution in [1.29, 1.82) is 0 Å². The third kappa shape index (κ3) is 8.43. The maximum Gasteiger partial charge on any atom is 0.124 e. The molecule has 0 aliphatic heterocycles. The first kappa shape index (κ1) is 18.4. The van der Waals surface area contributed by atoms with E-state index in [-0.39, 0.29) is 11.9 Å². The quantitative estimate of drug-likeness (QED) is 0.507. The summed E-state index contributed by atoms with van der Waals surface area (Å²) in [5, 5.41) is 0.487. The molecule has 0 fully saturated rings. The van der Waals surface area contributed by atoms with Gasteiger partial charge in [0.25, 0.3) is 0 Å². The summed E-state index contributed by atoms with van der Waals surface area (Å²) in [6.45, 7) is 2.24. The molecule has 1 nitrogen and oxygen atoms in total. The molecule has 0 aromatic heterocycles. The molecule has 0 heterocycles. The van der Waals surface area contributed by atoms with Crippen molar-refractivity contribution in [1.82, 2.24) is 0 Å². The van der Waals surface area contributed by atoms with Gasteiger partial charge >= 0.3 is 0 Å². The molecule has 0 aliphatic rings. The Morgan fingerprint density at radius 3 is 2.29 bits per heavy atom. The fourth-order valence-corrected chi connectivity index (χ4v) is 2.86. The minimum atomic E-state index is -0.291. The van der Waals surface area contributed by atoms with Crippen LogP contribution in [-0.2, 0) is 6.42 Å². The van der Waals surface area contributed by atoms with Crippen LogP contribution in [0.4, 0.5) is 4.39 Å². The van der Waals surface area contributed by atoms with E-state index in [1.165, 1.54) is 63.5 Å². The lowest BCUT2D eigenvalue weighted by Gasteiger charge is -2.12. The first-order chi connectivity index (χ1) is 10.1. The van der Waals surface area contributed by atoms with Gasteiger partial charge in [-0.3, -0.25) is 0 Å². The van der Waals surface area contributed by atoms with Crippen LogP contribution in [0, 0.1) is 5.82 Å². The van der Waals surface area contributed by atoms with Gasteiger partial charge in [0.1, 0.15) is 5.82 Å². The molecular weight excluding hydrogens is 285 g/mol. The van der Waals surface area contributed by atoms with Crippen LogP contribution in [-0.4, -0.2) is 6.04 Å². The van der Waals surface area contributed by atoms with E-state index in [0.717, 1.165) is 18.4 Å². The number of rotatable bonds is 11. The average molecular weight is 314 g/mol. The Hall–Kier alpha value is -0.600. The summed E-state index contributed by atoms with van der Waals surface area (Å²) >= 11 is 6.02. The number of hydrogen-bond donors (Lipinski definition) is 1. The molecule has 0 aliphatic carbocycles. The SMILES string of the molecule is CCCCCCCCCCC(N)Cc1ccc(F)cc1Cl. The first-order valence-corrected chi connectivity index (χ1v) is 8.70. The van der Waals surface area contributed by atoms with Gasteiger partial charge in [0.15, 0.2) is 0 Å². The van der Waals surface area contributed by atoms with Crippen molar-refractivity contribution in [2.75, 3.05) is 0 Å². The van der Waals surface area contributed by atoms with Crippen LogP contribution in [0.3, 0.4) is 0 Å². The van der Waals surface area contributed by atoms with Crippen LogP contribution < -0.4 is 5.73 Å². The van der Waals surface area contributed by atoms with E-state index >= 15 is 0 Å². The van der Waals surface area contributed by atoms with Gasteiger partial charge in [-0.05, 0) is 30.5 Å². The zero-order valence-corrected chi connectivity index (χ0v) is 14.0. The smallest absolute Gasteiger partial charge is 0.124 e. The van der Waals surface area contributed by atoms with Crippen molar-refractivity contribution < 1.29 is 4.39 Å². The molecule has 21 heavy (non-hydrogen) atoms. The average Bonchev–Trinajstić information content (AvgIpc) is 2.45. The van der Waals surface area contributed by atoms with Crippen LogP contribution in [0.2, 0.25) is 5.02 Å². The highest BCUT2D eigenvalue weighted by atomic mass is 35.5. The van der Waals surface area contributed by atoms with Gasteiger partial charge in [0, 0.05) is 11.1 Å². The van der Waals surface area contributed by atoms with Crippen LogP contribution in [0.1, 0.15) is 70.3 Å². The maximum atomic E-state index is 13.0. The van der Waals surface area contributed by atoms with Gasteiger partial charge in [-0.2, -0.15) is 0 Å². The second kappa shape index (κ2) is 11.0. The van der Waals surface area contributed by atoms with E-state index in [1.54, 1.807) is 6.07 Å². The van der Waals surface area contributed by atoms with E-state index in [0.29, 0.717) is 5.02 Å². The fraction of sp³-hybridized carbons (Fsp3) is 0.667. The Morgan fingerprint density at radius 2 is 1.67 bits per heavy atom. The minimum absolute atomic E-state index is 0.119. The molecule has 3 heteroatoms. The van der Waals surface area contributed by atoms with Crippen LogP contribution >= 0.6 is 11.6 Å². The van der Waals surface area contributed by atoms with E-state index < -0.39 is 0 Å². The molecule has 1 atom stereocenters. The maximum absolute atomic E-state index is 13.0. The molecule has 1 unspecified atom stereocenters. The standard InChI is InChI=1S/C18H29ClFN/c1-2-3-4-5-6-7-8-9-10-17(21)13-15-11-12-16(20)14-18(15)19/h11-12,14,17H,2-10,13,21H2,1H3. The molecule has 0 spiro atoms. The van der Waals surface area contributed by atoms with Gasteiger partial charge < -0.3 is 5.73 Å². The molecule has 120 valence electrons. The molecular formula is C18H29ClFN. The second-order valence-corrected chi connectivity index (χ2v) is 6.37.